The molecule has 31 heavy (non-hydrogen) atoms. The molecular weight excluding hydrogens is 434 g/mol. The highest BCUT2D eigenvalue weighted by Gasteiger charge is 2.18. The Hall–Kier alpha value is -3.26. The van der Waals surface area contributed by atoms with E-state index in [4.69, 9.17) is 16.7 Å². The lowest BCUT2D eigenvalue weighted by molar-refractivity contribution is 0.111. The van der Waals surface area contributed by atoms with Crippen LogP contribution in [0.2, 0.25) is 5.15 Å². The average molecular weight is 452 g/mol. The summed E-state index contributed by atoms with van der Waals surface area (Å²) in [5.41, 5.74) is 3.28. The van der Waals surface area contributed by atoms with E-state index < -0.39 is 10.0 Å². The summed E-state index contributed by atoms with van der Waals surface area (Å²) in [6.45, 7) is 0.370. The summed E-state index contributed by atoms with van der Waals surface area (Å²) >= 11 is 6.20. The number of imidazole rings is 1. The van der Waals surface area contributed by atoms with Crippen LogP contribution in [-0.2, 0) is 16.6 Å². The monoisotopic (exact) mass is 451 g/mol. The van der Waals surface area contributed by atoms with E-state index >= 15 is 0 Å². The largest absolute Gasteiger partial charge is 0.316 e. The second-order valence-electron chi connectivity index (χ2n) is 6.92. The first-order valence-corrected chi connectivity index (χ1v) is 11.3. The van der Waals surface area contributed by atoms with E-state index in [1.54, 1.807) is 22.8 Å². The normalized spacial score (nSPS) is 11.4. The van der Waals surface area contributed by atoms with Gasteiger partial charge in [0.2, 0.25) is 10.0 Å². The van der Waals surface area contributed by atoms with Gasteiger partial charge in [-0.2, -0.15) is 0 Å². The Labute approximate surface area is 185 Å². The van der Waals surface area contributed by atoms with Crippen molar-refractivity contribution < 1.29 is 13.2 Å². The molecule has 0 atom stereocenters. The summed E-state index contributed by atoms with van der Waals surface area (Å²) in [4.78, 5) is 16.1. The lowest BCUT2D eigenvalue weighted by Gasteiger charge is -2.12. The van der Waals surface area contributed by atoms with Gasteiger partial charge >= 0.3 is 0 Å². The molecule has 8 heteroatoms. The number of halogens is 1. The Bertz CT molecular complexity index is 1350. The molecule has 0 saturated carbocycles. The Kier molecular flexibility index (Phi) is 5.73. The van der Waals surface area contributed by atoms with E-state index in [2.05, 4.69) is 4.98 Å². The first-order valence-electron chi connectivity index (χ1n) is 9.36. The van der Waals surface area contributed by atoms with Crippen LogP contribution in [0.5, 0.6) is 0 Å². The van der Waals surface area contributed by atoms with Gasteiger partial charge in [0.25, 0.3) is 0 Å². The Morgan fingerprint density at radius 2 is 1.55 bits per heavy atom. The van der Waals surface area contributed by atoms with Crippen molar-refractivity contribution in [2.75, 3.05) is 0 Å². The number of nitrogens with two attached hydrogens (primary N) is 1. The second kappa shape index (κ2) is 8.47. The smallest absolute Gasteiger partial charge is 0.238 e. The van der Waals surface area contributed by atoms with Gasteiger partial charge in [-0.3, -0.25) is 4.79 Å². The Balaban J connectivity index is 1.71. The summed E-state index contributed by atoms with van der Waals surface area (Å²) in [6.07, 6.45) is 0.693. The van der Waals surface area contributed by atoms with Gasteiger partial charge in [-0.1, -0.05) is 84.4 Å². The Morgan fingerprint density at radius 3 is 2.19 bits per heavy atom. The molecule has 0 saturated heterocycles. The topological polar surface area (TPSA) is 95.1 Å². The highest BCUT2D eigenvalue weighted by atomic mass is 35.5. The molecule has 0 aliphatic heterocycles. The van der Waals surface area contributed by atoms with Crippen molar-refractivity contribution in [3.05, 3.63) is 95.3 Å². The predicted molar refractivity (Wildman–Crippen MR) is 120 cm³/mol. The van der Waals surface area contributed by atoms with E-state index in [0.717, 1.165) is 16.7 Å². The molecule has 0 bridgehead atoms. The molecule has 2 N–H and O–H groups in total. The lowest BCUT2D eigenvalue weighted by atomic mass is 10.0. The molecule has 0 radical (unpaired) electrons. The van der Waals surface area contributed by atoms with Crippen LogP contribution in [0.4, 0.5) is 0 Å². The molecule has 0 amide bonds. The summed E-state index contributed by atoms with van der Waals surface area (Å²) in [7, 11) is -3.85. The summed E-state index contributed by atoms with van der Waals surface area (Å²) < 4.78 is 25.6. The van der Waals surface area contributed by atoms with Crippen LogP contribution >= 0.6 is 11.6 Å². The minimum absolute atomic E-state index is 0.0683. The number of nitrogens with zero attached hydrogens (tertiary/aromatic N) is 2. The van der Waals surface area contributed by atoms with E-state index in [1.807, 2.05) is 54.6 Å². The summed E-state index contributed by atoms with van der Waals surface area (Å²) in [5.74, 6) is 0.594. The van der Waals surface area contributed by atoms with E-state index in [-0.39, 0.29) is 10.0 Å². The summed E-state index contributed by atoms with van der Waals surface area (Å²) in [5, 5.41) is 5.50. The molecule has 1 heterocycles. The zero-order valence-corrected chi connectivity index (χ0v) is 17.8. The quantitative estimate of drug-likeness (QED) is 0.440. The summed E-state index contributed by atoms with van der Waals surface area (Å²) in [6, 6.07) is 23.4. The molecule has 156 valence electrons. The fourth-order valence-corrected chi connectivity index (χ4v) is 4.43. The minimum atomic E-state index is -3.85. The van der Waals surface area contributed by atoms with Crippen molar-refractivity contribution in [1.82, 2.24) is 9.55 Å². The molecule has 1 aromatic heterocycles. The lowest BCUT2D eigenvalue weighted by Crippen LogP contribution is -2.13. The molecule has 3 aromatic carbocycles. The maximum Gasteiger partial charge on any atom is 0.238 e. The third-order valence-corrected chi connectivity index (χ3v) is 6.15. The number of aromatic nitrogens is 2. The standard InChI is InChI=1S/C23H18ClN3O3S/c24-22-20(15-28)27(23(26-22)18-6-2-1-3-7-18)14-16-10-12-17(13-11-16)19-8-4-5-9-21(19)31(25,29)30/h1-13,15H,14H2,(H2,25,29,30). The third kappa shape index (κ3) is 4.29. The highest BCUT2D eigenvalue weighted by molar-refractivity contribution is 7.89. The molecule has 0 unspecified atom stereocenters. The second-order valence-corrected chi connectivity index (χ2v) is 8.81. The number of sulfonamides is 1. The van der Waals surface area contributed by atoms with Crippen molar-refractivity contribution in [1.29, 1.82) is 0 Å². The fraction of sp³-hybridized carbons (Fsp3) is 0.0435. The van der Waals surface area contributed by atoms with Crippen LogP contribution in [0.1, 0.15) is 16.1 Å². The van der Waals surface area contributed by atoms with Crippen molar-refractivity contribution in [2.45, 2.75) is 11.4 Å². The number of hydrogen-bond acceptors (Lipinski definition) is 4. The molecule has 0 fully saturated rings. The van der Waals surface area contributed by atoms with Gasteiger partial charge in [-0.05, 0) is 17.2 Å². The van der Waals surface area contributed by atoms with Gasteiger partial charge in [0.1, 0.15) is 11.5 Å². The van der Waals surface area contributed by atoms with Crippen LogP contribution in [0.3, 0.4) is 0 Å². The minimum Gasteiger partial charge on any atom is -0.316 e. The van der Waals surface area contributed by atoms with Gasteiger partial charge in [0.15, 0.2) is 11.4 Å². The maximum absolute atomic E-state index is 11.9. The SMILES string of the molecule is NS(=O)(=O)c1ccccc1-c1ccc(Cn2c(-c3ccccc3)nc(Cl)c2C=O)cc1. The van der Waals surface area contributed by atoms with E-state index in [1.165, 1.54) is 6.07 Å². The third-order valence-electron chi connectivity index (χ3n) is 4.90. The predicted octanol–water partition coefficient (Wildman–Crippen LogP) is 4.38. The number of carbonyl (C=O) groups is 1. The fourth-order valence-electron chi connectivity index (χ4n) is 3.44. The van der Waals surface area contributed by atoms with Crippen LogP contribution in [-0.4, -0.2) is 24.3 Å². The molecule has 0 spiro atoms. The zero-order chi connectivity index (χ0) is 22.0. The van der Waals surface area contributed by atoms with Gasteiger partial charge in [-0.25, -0.2) is 18.5 Å². The van der Waals surface area contributed by atoms with Gasteiger partial charge < -0.3 is 4.57 Å². The number of rotatable bonds is 6. The van der Waals surface area contributed by atoms with Crippen LogP contribution in [0, 0.1) is 0 Å². The highest BCUT2D eigenvalue weighted by Crippen LogP contribution is 2.29. The van der Waals surface area contributed by atoms with Gasteiger partial charge in [-0.15, -0.1) is 0 Å². The number of benzene rings is 3. The molecule has 0 aliphatic carbocycles. The van der Waals surface area contributed by atoms with E-state index in [9.17, 15) is 13.2 Å². The number of primary sulfonamides is 1. The number of carbonyl (C=O) groups excluding carboxylic acids is 1. The van der Waals surface area contributed by atoms with Gasteiger partial charge in [0.05, 0.1) is 4.90 Å². The van der Waals surface area contributed by atoms with Crippen molar-refractivity contribution in [3.63, 3.8) is 0 Å². The average Bonchev–Trinajstić information content (AvgIpc) is 3.09. The van der Waals surface area contributed by atoms with E-state index in [0.29, 0.717) is 29.9 Å². The van der Waals surface area contributed by atoms with Crippen LogP contribution in [0.15, 0.2) is 83.8 Å². The molecule has 4 aromatic rings. The Morgan fingerprint density at radius 1 is 0.903 bits per heavy atom. The number of aldehydes is 1. The van der Waals surface area contributed by atoms with Crippen LogP contribution in [0.25, 0.3) is 22.5 Å². The van der Waals surface area contributed by atoms with Crippen LogP contribution < -0.4 is 5.14 Å². The molecule has 6 nitrogen and oxygen atoms in total. The number of hydrogen-bond donors (Lipinski definition) is 1. The first kappa shape index (κ1) is 21.0. The van der Waals surface area contributed by atoms with Crippen molar-refractivity contribution >= 4 is 27.9 Å². The van der Waals surface area contributed by atoms with Crippen molar-refractivity contribution in [3.8, 4) is 22.5 Å². The molecule has 4 rings (SSSR count). The maximum atomic E-state index is 11.9. The molecular formula is C23H18ClN3O3S. The zero-order valence-electron chi connectivity index (χ0n) is 16.3. The molecule has 0 aliphatic rings. The van der Waals surface area contributed by atoms with Crippen molar-refractivity contribution in [2.24, 2.45) is 5.14 Å². The first-order chi connectivity index (χ1) is 14.9. The van der Waals surface area contributed by atoms with Gasteiger partial charge in [0, 0.05) is 17.7 Å².